The van der Waals surface area contributed by atoms with E-state index in [1.54, 1.807) is 12.1 Å². The quantitative estimate of drug-likeness (QED) is 0.713. The van der Waals surface area contributed by atoms with Gasteiger partial charge in [0, 0.05) is 16.0 Å². The van der Waals surface area contributed by atoms with Gasteiger partial charge in [0.1, 0.15) is 0 Å². The molecule has 106 valence electrons. The van der Waals surface area contributed by atoms with Gasteiger partial charge in [0.25, 0.3) is 0 Å². The van der Waals surface area contributed by atoms with Crippen molar-refractivity contribution in [3.8, 4) is 0 Å². The third-order valence-corrected chi connectivity index (χ3v) is 4.22. The molecule has 3 aromatic rings. The summed E-state index contributed by atoms with van der Waals surface area (Å²) in [7, 11) is 0. The van der Waals surface area contributed by atoms with Crippen LogP contribution in [0.15, 0.2) is 51.7 Å². The Labute approximate surface area is 129 Å². The zero-order valence-electron chi connectivity index (χ0n) is 11.3. The Morgan fingerprint density at radius 2 is 1.71 bits per heavy atom. The molecule has 5 heteroatoms. The summed E-state index contributed by atoms with van der Waals surface area (Å²) in [6.07, 6.45) is 0. The summed E-state index contributed by atoms with van der Waals surface area (Å²) in [5.74, 6) is -0.234. The minimum Gasteiger partial charge on any atom is -0.306 e. The number of hydrogen-bond acceptors (Lipinski definition) is 2. The van der Waals surface area contributed by atoms with E-state index in [0.29, 0.717) is 21.1 Å². The summed E-state index contributed by atoms with van der Waals surface area (Å²) >= 11 is 3.41. The van der Waals surface area contributed by atoms with Crippen LogP contribution < -0.4 is 5.69 Å². The number of benzene rings is 2. The fourth-order valence-corrected chi connectivity index (χ4v) is 2.91. The molecule has 0 spiro atoms. The standard InChI is InChI=1S/C16H13BrN2O2/c1-9(10-5-3-2-4-6-10)15(20)11-7-13-14(8-12(11)17)19-16(21)18-13/h2-9H,1H3,(H2,18,19,21). The smallest absolute Gasteiger partial charge is 0.306 e. The van der Waals surface area contributed by atoms with Gasteiger partial charge in [0.15, 0.2) is 5.78 Å². The van der Waals surface area contributed by atoms with E-state index in [1.165, 1.54) is 0 Å². The number of carbonyl (C=O) groups excluding carboxylic acids is 1. The Morgan fingerprint density at radius 1 is 1.10 bits per heavy atom. The van der Waals surface area contributed by atoms with Gasteiger partial charge in [-0.3, -0.25) is 4.79 Å². The van der Waals surface area contributed by atoms with E-state index in [1.807, 2.05) is 37.3 Å². The van der Waals surface area contributed by atoms with Crippen molar-refractivity contribution in [3.05, 3.63) is 68.5 Å². The monoisotopic (exact) mass is 344 g/mol. The number of Topliss-reactive ketones (excluding diaryl/α,β-unsaturated/α-hetero) is 1. The third-order valence-electron chi connectivity index (χ3n) is 3.56. The third kappa shape index (κ3) is 2.56. The molecule has 0 fully saturated rings. The summed E-state index contributed by atoms with van der Waals surface area (Å²) in [5.41, 5.74) is 2.56. The van der Waals surface area contributed by atoms with Crippen molar-refractivity contribution in [2.45, 2.75) is 12.8 Å². The number of imidazole rings is 1. The van der Waals surface area contributed by atoms with Gasteiger partial charge in [-0.15, -0.1) is 0 Å². The van der Waals surface area contributed by atoms with E-state index >= 15 is 0 Å². The van der Waals surface area contributed by atoms with Gasteiger partial charge in [-0.05, 0) is 33.6 Å². The average Bonchev–Trinajstić information content (AvgIpc) is 2.85. The highest BCUT2D eigenvalue weighted by Gasteiger charge is 2.20. The molecule has 0 aliphatic heterocycles. The lowest BCUT2D eigenvalue weighted by atomic mass is 9.92. The molecule has 0 saturated carbocycles. The average molecular weight is 345 g/mol. The Hall–Kier alpha value is -2.14. The fourth-order valence-electron chi connectivity index (χ4n) is 2.37. The number of ketones is 1. The van der Waals surface area contributed by atoms with Crippen molar-refractivity contribution in [1.29, 1.82) is 0 Å². The summed E-state index contributed by atoms with van der Waals surface area (Å²) in [6, 6.07) is 13.1. The molecule has 0 aliphatic rings. The first kappa shape index (κ1) is 13.8. The molecule has 0 saturated heterocycles. The minimum atomic E-state index is -0.280. The van der Waals surface area contributed by atoms with Crippen LogP contribution in [0.2, 0.25) is 0 Å². The zero-order valence-corrected chi connectivity index (χ0v) is 12.9. The highest BCUT2D eigenvalue weighted by atomic mass is 79.9. The molecule has 2 N–H and O–H groups in total. The molecular formula is C16H13BrN2O2. The summed E-state index contributed by atoms with van der Waals surface area (Å²) in [6.45, 7) is 1.88. The van der Waals surface area contributed by atoms with E-state index in [2.05, 4.69) is 25.9 Å². The van der Waals surface area contributed by atoms with Gasteiger partial charge >= 0.3 is 5.69 Å². The molecule has 21 heavy (non-hydrogen) atoms. The molecule has 0 aliphatic carbocycles. The first-order valence-electron chi connectivity index (χ1n) is 6.57. The van der Waals surface area contributed by atoms with E-state index in [0.717, 1.165) is 5.56 Å². The van der Waals surface area contributed by atoms with Crippen molar-refractivity contribution in [3.63, 3.8) is 0 Å². The number of carbonyl (C=O) groups is 1. The van der Waals surface area contributed by atoms with Gasteiger partial charge in [0.2, 0.25) is 0 Å². The van der Waals surface area contributed by atoms with Crippen LogP contribution in [0.25, 0.3) is 11.0 Å². The molecule has 3 rings (SSSR count). The van der Waals surface area contributed by atoms with Crippen molar-refractivity contribution in [1.82, 2.24) is 9.97 Å². The van der Waals surface area contributed by atoms with E-state index in [9.17, 15) is 9.59 Å². The molecule has 1 atom stereocenters. The lowest BCUT2D eigenvalue weighted by Gasteiger charge is -2.12. The van der Waals surface area contributed by atoms with Gasteiger partial charge in [-0.1, -0.05) is 37.3 Å². The maximum atomic E-state index is 12.7. The molecule has 0 amide bonds. The zero-order chi connectivity index (χ0) is 15.0. The minimum absolute atomic E-state index is 0.0111. The summed E-state index contributed by atoms with van der Waals surface area (Å²) < 4.78 is 0.679. The first-order valence-corrected chi connectivity index (χ1v) is 7.36. The SMILES string of the molecule is CC(C(=O)c1cc2[nH]c(=O)[nH]c2cc1Br)c1ccccc1. The molecule has 2 aromatic carbocycles. The maximum absolute atomic E-state index is 12.7. The van der Waals surface area contributed by atoms with Crippen LogP contribution in [-0.4, -0.2) is 15.8 Å². The van der Waals surface area contributed by atoms with Crippen molar-refractivity contribution in [2.75, 3.05) is 0 Å². The normalized spacial score (nSPS) is 12.5. The largest absolute Gasteiger partial charge is 0.323 e. The van der Waals surface area contributed by atoms with Gasteiger partial charge in [-0.25, -0.2) is 4.79 Å². The topological polar surface area (TPSA) is 65.7 Å². The molecule has 1 unspecified atom stereocenters. The van der Waals surface area contributed by atoms with Crippen molar-refractivity contribution < 1.29 is 4.79 Å². The van der Waals surface area contributed by atoms with Crippen LogP contribution in [0.5, 0.6) is 0 Å². The predicted molar refractivity (Wildman–Crippen MR) is 85.8 cm³/mol. The highest BCUT2D eigenvalue weighted by molar-refractivity contribution is 9.10. The maximum Gasteiger partial charge on any atom is 0.323 e. The predicted octanol–water partition coefficient (Wildman–Crippen LogP) is 3.61. The van der Waals surface area contributed by atoms with Crippen LogP contribution in [0.4, 0.5) is 0 Å². The van der Waals surface area contributed by atoms with Gasteiger partial charge in [-0.2, -0.15) is 0 Å². The van der Waals surface area contributed by atoms with E-state index in [4.69, 9.17) is 0 Å². The van der Waals surface area contributed by atoms with Crippen molar-refractivity contribution in [2.24, 2.45) is 0 Å². The fraction of sp³-hybridized carbons (Fsp3) is 0.125. The van der Waals surface area contributed by atoms with Gasteiger partial charge < -0.3 is 9.97 Å². The number of nitrogens with one attached hydrogen (secondary N) is 2. The van der Waals surface area contributed by atoms with E-state index < -0.39 is 0 Å². The van der Waals surface area contributed by atoms with Crippen LogP contribution >= 0.6 is 15.9 Å². The second-order valence-electron chi connectivity index (χ2n) is 4.95. The molecular weight excluding hydrogens is 332 g/mol. The molecule has 0 bridgehead atoms. The molecule has 0 radical (unpaired) electrons. The Bertz CT molecular complexity index is 865. The highest BCUT2D eigenvalue weighted by Crippen LogP contribution is 2.27. The first-order chi connectivity index (χ1) is 10.1. The van der Waals surface area contributed by atoms with E-state index in [-0.39, 0.29) is 17.4 Å². The molecule has 1 heterocycles. The summed E-state index contributed by atoms with van der Waals surface area (Å²) in [5, 5.41) is 0. The Morgan fingerprint density at radius 3 is 2.38 bits per heavy atom. The van der Waals surface area contributed by atoms with Crippen LogP contribution in [0, 0.1) is 0 Å². The van der Waals surface area contributed by atoms with Gasteiger partial charge in [0.05, 0.1) is 11.0 Å². The second kappa shape index (κ2) is 5.33. The number of hydrogen-bond donors (Lipinski definition) is 2. The second-order valence-corrected chi connectivity index (χ2v) is 5.81. The number of halogens is 1. The molecule has 1 aromatic heterocycles. The summed E-state index contributed by atoms with van der Waals surface area (Å²) in [4.78, 5) is 29.4. The lowest BCUT2D eigenvalue weighted by Crippen LogP contribution is -2.10. The van der Waals surface area contributed by atoms with Crippen LogP contribution in [0.1, 0.15) is 28.8 Å². The molecule has 4 nitrogen and oxygen atoms in total. The number of fused-ring (bicyclic) bond motifs is 1. The number of H-pyrrole nitrogens is 2. The van der Waals surface area contributed by atoms with Crippen LogP contribution in [0.3, 0.4) is 0 Å². The number of rotatable bonds is 3. The number of aromatic nitrogens is 2. The Kier molecular flexibility index (Phi) is 3.51. The lowest BCUT2D eigenvalue weighted by molar-refractivity contribution is 0.0965. The Balaban J connectivity index is 2.05. The number of aromatic amines is 2. The van der Waals surface area contributed by atoms with Crippen molar-refractivity contribution >= 4 is 32.7 Å². The van der Waals surface area contributed by atoms with Crippen LogP contribution in [-0.2, 0) is 0 Å².